The molecule has 0 spiro atoms. The molecule has 7 nitrogen and oxygen atoms in total. The van der Waals surface area contributed by atoms with Crippen LogP contribution in [0.4, 0.5) is 5.82 Å². The van der Waals surface area contributed by atoms with Crippen molar-refractivity contribution in [3.05, 3.63) is 46.3 Å². The summed E-state index contributed by atoms with van der Waals surface area (Å²) in [6.45, 7) is 4.40. The highest BCUT2D eigenvalue weighted by Gasteiger charge is 2.31. The van der Waals surface area contributed by atoms with Crippen molar-refractivity contribution in [1.29, 1.82) is 0 Å². The van der Waals surface area contributed by atoms with Crippen LogP contribution in [0.25, 0.3) is 0 Å². The second-order valence-electron chi connectivity index (χ2n) is 7.69. The van der Waals surface area contributed by atoms with E-state index >= 15 is 0 Å². The van der Waals surface area contributed by atoms with Crippen LogP contribution < -0.4 is 16.0 Å². The lowest BCUT2D eigenvalue weighted by atomic mass is 9.88. The third kappa shape index (κ3) is 6.27. The number of aryl methyl sites for hydroxylation is 1. The van der Waals surface area contributed by atoms with Crippen molar-refractivity contribution in [1.82, 2.24) is 20.5 Å². The van der Waals surface area contributed by atoms with E-state index in [4.69, 9.17) is 0 Å². The Morgan fingerprint density at radius 2 is 2.17 bits per heavy atom. The number of guanidine groups is 1. The molecule has 3 heterocycles. The maximum absolute atomic E-state index is 12.2. The van der Waals surface area contributed by atoms with Gasteiger partial charge in [-0.2, -0.15) is 0 Å². The van der Waals surface area contributed by atoms with Crippen molar-refractivity contribution in [3.63, 3.8) is 0 Å². The highest BCUT2D eigenvalue weighted by atomic mass is 32.1. The Morgan fingerprint density at radius 1 is 1.30 bits per heavy atom. The molecule has 0 radical (unpaired) electrons. The van der Waals surface area contributed by atoms with Gasteiger partial charge < -0.3 is 16.0 Å². The van der Waals surface area contributed by atoms with E-state index in [9.17, 15) is 4.79 Å². The summed E-state index contributed by atoms with van der Waals surface area (Å²) in [5.41, 5.74) is 0.879. The minimum absolute atomic E-state index is 0.0669. The molecule has 1 saturated heterocycles. The number of carbonyl (C=O) groups excluding carboxylic acids is 1. The van der Waals surface area contributed by atoms with Crippen molar-refractivity contribution in [2.24, 2.45) is 10.9 Å². The SMILES string of the molecule is CN=C(NCCC(=O)Nc1cccc(C)n1)NCC1CCCN(C)C1c1cccs1. The Balaban J connectivity index is 1.44. The molecule has 3 rings (SSSR count). The summed E-state index contributed by atoms with van der Waals surface area (Å²) in [4.78, 5) is 24.6. The number of hydrogen-bond acceptors (Lipinski definition) is 5. The van der Waals surface area contributed by atoms with Gasteiger partial charge in [0.25, 0.3) is 0 Å². The van der Waals surface area contributed by atoms with E-state index < -0.39 is 0 Å². The Labute approximate surface area is 183 Å². The highest BCUT2D eigenvalue weighted by molar-refractivity contribution is 7.10. The second kappa shape index (κ2) is 11.1. The first-order valence-electron chi connectivity index (χ1n) is 10.5. The van der Waals surface area contributed by atoms with Crippen molar-refractivity contribution in [2.75, 3.05) is 39.0 Å². The Bertz CT molecular complexity index is 838. The molecule has 0 bridgehead atoms. The maximum Gasteiger partial charge on any atom is 0.227 e. The van der Waals surface area contributed by atoms with Gasteiger partial charge in [-0.1, -0.05) is 12.1 Å². The van der Waals surface area contributed by atoms with Gasteiger partial charge in [-0.25, -0.2) is 4.98 Å². The Morgan fingerprint density at radius 3 is 2.90 bits per heavy atom. The number of piperidine rings is 1. The average Bonchev–Trinajstić information content (AvgIpc) is 3.25. The van der Waals surface area contributed by atoms with Gasteiger partial charge in [-0.15, -0.1) is 11.3 Å². The van der Waals surface area contributed by atoms with E-state index in [1.807, 2.05) is 30.4 Å². The first kappa shape index (κ1) is 22.2. The molecule has 1 amide bonds. The number of anilines is 1. The number of amides is 1. The van der Waals surface area contributed by atoms with Crippen LogP contribution in [-0.4, -0.2) is 55.5 Å². The molecule has 0 aromatic carbocycles. The van der Waals surface area contributed by atoms with Gasteiger partial charge in [0.15, 0.2) is 5.96 Å². The minimum Gasteiger partial charge on any atom is -0.356 e. The predicted octanol–water partition coefficient (Wildman–Crippen LogP) is 3.03. The first-order chi connectivity index (χ1) is 14.6. The third-order valence-electron chi connectivity index (χ3n) is 5.40. The van der Waals surface area contributed by atoms with Crippen molar-refractivity contribution >= 4 is 29.0 Å². The fourth-order valence-electron chi connectivity index (χ4n) is 3.94. The zero-order valence-electron chi connectivity index (χ0n) is 18.0. The number of likely N-dealkylation sites (tertiary alicyclic amines) is 1. The molecule has 2 aromatic heterocycles. The maximum atomic E-state index is 12.2. The Kier molecular flexibility index (Phi) is 8.21. The van der Waals surface area contributed by atoms with Gasteiger partial charge in [0.05, 0.1) is 0 Å². The summed E-state index contributed by atoms with van der Waals surface area (Å²) < 4.78 is 0. The zero-order valence-corrected chi connectivity index (χ0v) is 18.8. The standard InChI is InChI=1S/C22H32N6OS/c1-16-7-4-10-19(26-16)27-20(29)11-12-24-22(23-2)25-15-17-8-5-13-28(3)21(17)18-9-6-14-30-18/h4,6-7,9-10,14,17,21H,5,8,11-13,15H2,1-3H3,(H2,23,24,25)(H,26,27,29). The van der Waals surface area contributed by atoms with Crippen molar-refractivity contribution in [2.45, 2.75) is 32.2 Å². The highest BCUT2D eigenvalue weighted by Crippen LogP contribution is 2.36. The van der Waals surface area contributed by atoms with E-state index in [0.29, 0.717) is 30.7 Å². The van der Waals surface area contributed by atoms with Gasteiger partial charge in [0.1, 0.15) is 5.82 Å². The van der Waals surface area contributed by atoms with E-state index in [1.54, 1.807) is 13.1 Å². The van der Waals surface area contributed by atoms with Gasteiger partial charge in [-0.05, 0) is 62.9 Å². The van der Waals surface area contributed by atoms with Gasteiger partial charge in [0, 0.05) is 43.2 Å². The first-order valence-corrected chi connectivity index (χ1v) is 11.4. The van der Waals surface area contributed by atoms with Crippen molar-refractivity contribution < 1.29 is 4.79 Å². The number of pyridine rings is 1. The lowest BCUT2D eigenvalue weighted by Gasteiger charge is -2.39. The summed E-state index contributed by atoms with van der Waals surface area (Å²) in [6.07, 6.45) is 2.76. The van der Waals surface area contributed by atoms with Crippen LogP contribution in [0.2, 0.25) is 0 Å². The summed E-state index contributed by atoms with van der Waals surface area (Å²) >= 11 is 1.83. The molecular weight excluding hydrogens is 396 g/mol. The van der Waals surface area contributed by atoms with Gasteiger partial charge in [-0.3, -0.25) is 14.7 Å². The molecule has 0 aliphatic carbocycles. The fourth-order valence-corrected chi connectivity index (χ4v) is 4.93. The minimum atomic E-state index is -0.0669. The van der Waals surface area contributed by atoms with Gasteiger partial charge in [0.2, 0.25) is 5.91 Å². The zero-order chi connectivity index (χ0) is 21.3. The van der Waals surface area contributed by atoms with Crippen LogP contribution in [0, 0.1) is 12.8 Å². The van der Waals surface area contributed by atoms with E-state index in [2.05, 4.69) is 55.4 Å². The Hall–Kier alpha value is -2.45. The number of nitrogens with zero attached hydrogens (tertiary/aromatic N) is 3. The second-order valence-corrected chi connectivity index (χ2v) is 8.66. The molecule has 2 aromatic rings. The number of thiophene rings is 1. The molecule has 1 aliphatic heterocycles. The lowest BCUT2D eigenvalue weighted by Crippen LogP contribution is -2.45. The van der Waals surface area contributed by atoms with Crippen molar-refractivity contribution in [3.8, 4) is 0 Å². The molecule has 30 heavy (non-hydrogen) atoms. The quantitative estimate of drug-likeness (QED) is 0.467. The summed E-state index contributed by atoms with van der Waals surface area (Å²) in [7, 11) is 3.97. The van der Waals surface area contributed by atoms with Crippen LogP contribution in [0.15, 0.2) is 40.7 Å². The van der Waals surface area contributed by atoms with E-state index in [-0.39, 0.29) is 5.91 Å². The summed E-state index contributed by atoms with van der Waals surface area (Å²) in [5.74, 6) is 1.78. The smallest absolute Gasteiger partial charge is 0.227 e. The molecule has 3 N–H and O–H groups in total. The van der Waals surface area contributed by atoms with Crippen LogP contribution in [-0.2, 0) is 4.79 Å². The fraction of sp³-hybridized carbons (Fsp3) is 0.500. The number of aromatic nitrogens is 1. The number of rotatable bonds is 7. The average molecular weight is 429 g/mol. The summed E-state index contributed by atoms with van der Waals surface area (Å²) in [6, 6.07) is 10.4. The predicted molar refractivity (Wildman–Crippen MR) is 124 cm³/mol. The number of carbonyl (C=O) groups is 1. The number of aliphatic imine (C=N–C) groups is 1. The normalized spacial score (nSPS) is 20.0. The van der Waals surface area contributed by atoms with E-state index in [0.717, 1.165) is 24.7 Å². The molecular formula is C22H32N6OS. The lowest BCUT2D eigenvalue weighted by molar-refractivity contribution is -0.116. The third-order valence-corrected chi connectivity index (χ3v) is 6.34. The molecule has 1 aliphatic rings. The van der Waals surface area contributed by atoms with Crippen LogP contribution in [0.3, 0.4) is 0 Å². The van der Waals surface area contributed by atoms with Crippen LogP contribution in [0.1, 0.15) is 35.9 Å². The van der Waals surface area contributed by atoms with Gasteiger partial charge >= 0.3 is 0 Å². The molecule has 0 saturated carbocycles. The van der Waals surface area contributed by atoms with Crippen LogP contribution in [0.5, 0.6) is 0 Å². The molecule has 162 valence electrons. The molecule has 8 heteroatoms. The number of hydrogen-bond donors (Lipinski definition) is 3. The molecule has 2 atom stereocenters. The largest absolute Gasteiger partial charge is 0.356 e. The summed E-state index contributed by atoms with van der Waals surface area (Å²) in [5, 5.41) is 11.7. The molecule has 1 fully saturated rings. The molecule has 2 unspecified atom stereocenters. The monoisotopic (exact) mass is 428 g/mol. The topological polar surface area (TPSA) is 81.6 Å². The number of nitrogens with one attached hydrogen (secondary N) is 3. The van der Waals surface area contributed by atoms with E-state index in [1.165, 1.54) is 17.7 Å². The van der Waals surface area contributed by atoms with Crippen LogP contribution >= 0.6 is 11.3 Å².